The maximum Gasteiger partial charge on any atom is 0.266 e. The summed E-state index contributed by atoms with van der Waals surface area (Å²) >= 11 is 5.63. The van der Waals surface area contributed by atoms with E-state index in [-0.39, 0.29) is 17.8 Å². The highest BCUT2D eigenvalue weighted by atomic mass is 35.5. The second-order valence-corrected chi connectivity index (χ2v) is 54.8. The minimum Gasteiger partial charge on any atom is -0.390 e. The van der Waals surface area contributed by atoms with Gasteiger partial charge in [0.15, 0.2) is 25.3 Å². The van der Waals surface area contributed by atoms with E-state index in [9.17, 15) is 34.3 Å². The van der Waals surface area contributed by atoms with Crippen LogP contribution in [-0.4, -0.2) is 155 Å². The zero-order chi connectivity index (χ0) is 101. The summed E-state index contributed by atoms with van der Waals surface area (Å²) in [5, 5.41) is 105. The van der Waals surface area contributed by atoms with Crippen LogP contribution in [0, 0.1) is 228 Å². The number of ether oxygens (including phenoxy) is 1. The van der Waals surface area contributed by atoms with Crippen LogP contribution in [0.4, 0.5) is 8.78 Å². The molecule has 0 bridgehead atoms. The monoisotopic (exact) mass is 2010 g/mol. The Kier molecular flexibility index (Phi) is 29.8. The van der Waals surface area contributed by atoms with Gasteiger partial charge in [-0.1, -0.05) is 125 Å². The second kappa shape index (κ2) is 41.3. The molecule has 0 saturated heterocycles. The number of halogens is 3. The Morgan fingerprint density at radius 3 is 1.10 bits per heavy atom. The Labute approximate surface area is 869 Å². The molecule has 20 saturated carbocycles. The fraction of sp³-hybridized carbons (Fsp3) is 0.833. The van der Waals surface area contributed by atoms with Gasteiger partial charge in [0.05, 0.1) is 44.0 Å². The lowest BCUT2D eigenvalue weighted by molar-refractivity contribution is -0.159. The summed E-state index contributed by atoms with van der Waals surface area (Å²) < 4.78 is 32.1. The molecule has 0 unspecified atom stereocenters. The predicted molar refractivity (Wildman–Crippen MR) is 558 cm³/mol. The van der Waals surface area contributed by atoms with Crippen molar-refractivity contribution < 1.29 is 39.1 Å². The lowest BCUT2D eigenvalue weighted by Crippen LogP contribution is -2.52. The van der Waals surface area contributed by atoms with Gasteiger partial charge >= 0.3 is 0 Å². The van der Waals surface area contributed by atoms with E-state index in [1.807, 2.05) is 6.92 Å². The number of hydrogen-bond donors (Lipinski definition) is 5. The zero-order valence-electron chi connectivity index (χ0n) is 89.3. The van der Waals surface area contributed by atoms with Gasteiger partial charge in [-0.3, -0.25) is 0 Å². The minimum atomic E-state index is -2.62. The van der Waals surface area contributed by atoms with Crippen molar-refractivity contribution in [3.05, 3.63) is 97.7 Å². The average molecular weight is 2010 g/mol. The number of aromatic nitrogens is 16. The van der Waals surface area contributed by atoms with E-state index in [0.29, 0.717) is 132 Å². The first kappa shape index (κ1) is 104. The van der Waals surface area contributed by atoms with E-state index in [4.69, 9.17) is 16.3 Å². The number of tetrazole rings is 4. The molecule has 4 aromatic heterocycles. The van der Waals surface area contributed by atoms with Crippen molar-refractivity contribution >= 4 is 11.6 Å². The van der Waals surface area contributed by atoms with Crippen molar-refractivity contribution in [2.45, 2.75) is 404 Å². The number of rotatable bonds is 16. The largest absolute Gasteiger partial charge is 0.390 e. The molecule has 0 radical (unpaired) electrons. The van der Waals surface area contributed by atoms with E-state index in [2.05, 4.69) is 165 Å². The molecule has 0 aliphatic heterocycles. The Morgan fingerprint density at radius 1 is 0.386 bits per heavy atom. The maximum absolute atomic E-state index is 13.4. The second-order valence-electron chi connectivity index (χ2n) is 54.6. The van der Waals surface area contributed by atoms with Crippen molar-refractivity contribution in [1.82, 2.24) is 80.8 Å². The fourth-order valence-corrected chi connectivity index (χ4v) is 41.4. The quantitative estimate of drug-likeness (QED) is 0.0515. The molecule has 21 aliphatic carbocycles. The summed E-state index contributed by atoms with van der Waals surface area (Å²) in [6, 6.07) is 0. The summed E-state index contributed by atoms with van der Waals surface area (Å²) in [5.74, 6) is 31.3. The molecule has 22 nitrogen and oxygen atoms in total. The van der Waals surface area contributed by atoms with Gasteiger partial charge in [0.1, 0.15) is 16.8 Å². The van der Waals surface area contributed by atoms with Crippen LogP contribution in [0.2, 0.25) is 0 Å². The summed E-state index contributed by atoms with van der Waals surface area (Å²) in [4.78, 5) is 6.66. The molecule has 25 heteroatoms. The van der Waals surface area contributed by atoms with Gasteiger partial charge in [0.25, 0.3) is 6.43 Å². The topological polar surface area (TPSA) is 285 Å². The molecule has 0 aromatic carbocycles. The average Bonchev–Trinajstić information content (AvgIpc) is 1.64. The first-order valence-electron chi connectivity index (χ1n) is 58.4. The van der Waals surface area contributed by atoms with Crippen molar-refractivity contribution in [1.29, 1.82) is 0 Å². The van der Waals surface area contributed by atoms with Crippen LogP contribution in [0.25, 0.3) is 0 Å². The first-order valence-corrected chi connectivity index (χ1v) is 58.8. The molecule has 4 aromatic rings. The van der Waals surface area contributed by atoms with Gasteiger partial charge < -0.3 is 30.3 Å². The number of aliphatic hydroxyl groups is 5. The lowest BCUT2D eigenvalue weighted by Gasteiger charge is -2.57. The molecular weight excluding hydrogens is 1830 g/mol. The molecule has 39 atom stereocenters. The number of methoxy groups -OCH3 is 1. The van der Waals surface area contributed by atoms with E-state index in [0.717, 1.165) is 178 Å². The van der Waals surface area contributed by atoms with Gasteiger partial charge in [-0.25, -0.2) is 8.78 Å². The fourth-order valence-electron chi connectivity index (χ4n) is 41.2. The predicted octanol–water partition coefficient (Wildman–Crippen LogP) is 22.9. The third kappa shape index (κ3) is 20.1. The smallest absolute Gasteiger partial charge is 0.266 e. The van der Waals surface area contributed by atoms with Crippen LogP contribution < -0.4 is 0 Å². The molecule has 20 fully saturated rings. The molecule has 0 spiro atoms. The van der Waals surface area contributed by atoms with Gasteiger partial charge in [-0.05, 0) is 540 Å². The Bertz CT molecular complexity index is 5400. The van der Waals surface area contributed by atoms with E-state index >= 15 is 0 Å². The number of hydrogen-bond acceptors (Lipinski definition) is 18. The molecule has 794 valence electrons. The maximum atomic E-state index is 13.4. The molecule has 21 aliphatic rings. The summed E-state index contributed by atoms with van der Waals surface area (Å²) in [7, 11) is 1.71. The SMILES string of the molecule is C=C(C)[C@H]1CC[C@H]2[C@@H]3CC=C4C[C@](C)(O)CC[C@@H]4[C@H]3CC[C@]12C.C=C(Cn1ncnn1)[C@H]1CC[C@H]2[C@@H]3CC[C@H]4C[C@@](O)(C#CC5CC5)CC[C@@H]4[C@H]3CC[C@]12C.C=C(Cn1ncnn1)[C@H]1CC[C@H]2[C@@H]3CC[C@H]4C[C@@](O)(C#CCl)CC[C@@H]4[C@H]3CC[C@]12C.C=C(Cn1ncnn1)[C@H]1CC[C@H]2[C@@H]3CC[C@H]4C[C@@](O)(C(F)F)CC[C@@H]4[C@H]3CC[C@]12C.C=C(Cn1ncnn1)[C@H]1CC[C@H]2[C@@H]3CC[C@H]4C[C@@](O)(COC)CC[C@@H]4[C@H]3CC[C@]12C. The highest BCUT2D eigenvalue weighted by Gasteiger charge is 2.66. The third-order valence-electron chi connectivity index (χ3n) is 47.6. The third-order valence-corrected chi connectivity index (χ3v) is 47.7. The van der Waals surface area contributed by atoms with Gasteiger partial charge in [-0.15, -0.1) is 40.8 Å². The first-order chi connectivity index (χ1) is 69.5. The summed E-state index contributed by atoms with van der Waals surface area (Å²) in [5.41, 5.74) is 5.62. The van der Waals surface area contributed by atoms with Crippen LogP contribution in [0.1, 0.15) is 344 Å². The highest BCUT2D eigenvalue weighted by molar-refractivity contribution is 6.30. The number of allylic oxidation sites excluding steroid dienone is 6. The minimum absolute atomic E-state index is 0.265. The normalized spacial score (nSPS) is 46.4. The van der Waals surface area contributed by atoms with Crippen molar-refractivity contribution in [3.63, 3.8) is 0 Å². The van der Waals surface area contributed by atoms with Crippen LogP contribution >= 0.6 is 11.6 Å². The van der Waals surface area contributed by atoms with E-state index in [1.165, 1.54) is 259 Å². The number of fused-ring (bicyclic) bond motifs is 25. The summed E-state index contributed by atoms with van der Waals surface area (Å²) in [6.07, 6.45) is 59.0. The van der Waals surface area contributed by atoms with Crippen molar-refractivity contribution in [3.8, 4) is 23.1 Å². The van der Waals surface area contributed by atoms with Crippen LogP contribution in [-0.2, 0) is 30.9 Å². The molecule has 145 heavy (non-hydrogen) atoms. The molecule has 5 N–H and O–H groups in total. The van der Waals surface area contributed by atoms with E-state index < -0.39 is 34.4 Å². The van der Waals surface area contributed by atoms with Crippen LogP contribution in [0.3, 0.4) is 0 Å². The lowest BCUT2D eigenvalue weighted by atomic mass is 9.48. The highest BCUT2D eigenvalue weighted by Crippen LogP contribution is 2.73. The molecule has 25 rings (SSSR count). The van der Waals surface area contributed by atoms with Crippen LogP contribution in [0.15, 0.2) is 97.7 Å². The number of alkyl halides is 2. The van der Waals surface area contributed by atoms with Gasteiger partial charge in [-0.2, -0.15) is 19.2 Å². The molecule has 4 heterocycles. The molecular formula is C120H177ClF2N16O6. The number of nitrogens with zero attached hydrogens (tertiary/aromatic N) is 16. The van der Waals surface area contributed by atoms with E-state index in [1.54, 1.807) is 31.9 Å². The van der Waals surface area contributed by atoms with Gasteiger partial charge in [0.2, 0.25) is 0 Å². The summed E-state index contributed by atoms with van der Waals surface area (Å²) in [6.45, 7) is 42.4. The van der Waals surface area contributed by atoms with Crippen molar-refractivity contribution in [2.75, 3.05) is 13.7 Å². The Hall–Kier alpha value is -6.25. The van der Waals surface area contributed by atoms with Crippen molar-refractivity contribution in [2.24, 2.45) is 205 Å². The van der Waals surface area contributed by atoms with Gasteiger partial charge in [0, 0.05) is 18.4 Å². The Balaban J connectivity index is 0.000000107. The standard InChI is InChI=1S/C27H38N4O.C24H33ClN4O.C24H38N4O2.C23H34F2N4O.C22H34O/c1-18(16-31-29-17-28-30-31)24-7-8-25-23-6-5-20-15-27(32,13-9-19-3-4-19)14-11-21(20)22(23)10-12-26(24,25)2;1-16(14-29-27-15-26-28-29)21-5-6-22-20-4-3-17-13-24(30,11-12-25)10-8-18(17)19(20)7-9-23(21,22)2;1-16(13-28-26-15-25-27-28)21-6-7-22-20-5-4-17-12-24(29,14-30-3)11-9-18(17)19(20)8-10-23(21,22)2;1-14(12-29-27-13-26-28-29)19-5-6-20-18-4-3-15-11-23(30,21(24)25)10-8-16(15)17(18)7-9-22(19,20)2;1-14(2)19-7-8-20-18-6-5-15-13-21(3,23)11-9-16(15)17(18)10-12-22(19,20)4/h17,19-25,32H,1,3-8,10-12,14-16H2,2H3;15,17-22,30H,1,3-10,13-14H2,2H3;15,17-22,29H,1,4-14H2,2-3H3;13,15-21,30H,1,3-12H2,2H3;5,16-20,23H,1,6-13H2,2-4H3/t20-,21-,22+,23+,24+,25-,26+,27+;17-,18-,19+,20+,21+,22-,23+,24-;17-,18-,19+,20+,21+,22-,23+,24+;15-,16-,17+,18+,19+,20-,22+,23+;16-,17+,18+,19+,20-,21+,22+/m00000/s1. The zero-order valence-corrected chi connectivity index (χ0v) is 90.1. The molecule has 0 amide bonds. The van der Waals surface area contributed by atoms with Crippen LogP contribution in [0.5, 0.6) is 0 Å². The Morgan fingerprint density at radius 2 is 0.731 bits per heavy atom.